The van der Waals surface area contributed by atoms with Crippen molar-refractivity contribution in [2.45, 2.75) is 57.0 Å². The van der Waals surface area contributed by atoms with Crippen LogP contribution in [0.25, 0.3) is 0 Å². The van der Waals surface area contributed by atoms with Crippen LogP contribution in [0.4, 0.5) is 0 Å². The van der Waals surface area contributed by atoms with Crippen molar-refractivity contribution in [3.63, 3.8) is 0 Å². The third kappa shape index (κ3) is 4.45. The summed E-state index contributed by atoms with van der Waals surface area (Å²) in [5.74, 6) is 0.136. The van der Waals surface area contributed by atoms with Crippen LogP contribution in [0.15, 0.2) is 23.8 Å². The lowest BCUT2D eigenvalue weighted by atomic mass is 9.77. The normalized spacial score (nSPS) is 25.4. The van der Waals surface area contributed by atoms with E-state index in [2.05, 4.69) is 5.32 Å². The van der Waals surface area contributed by atoms with Gasteiger partial charge in [-0.3, -0.25) is 9.59 Å². The first kappa shape index (κ1) is 23.5. The maximum atomic E-state index is 13.2. The summed E-state index contributed by atoms with van der Waals surface area (Å²) in [6.07, 6.45) is 2.18. The van der Waals surface area contributed by atoms with Crippen LogP contribution in [-0.4, -0.2) is 77.1 Å². The Morgan fingerprint density at radius 2 is 2.03 bits per heavy atom. The van der Waals surface area contributed by atoms with Gasteiger partial charge >= 0.3 is 0 Å². The minimum Gasteiger partial charge on any atom is -0.493 e. The molecule has 4 N–H and O–H groups in total. The summed E-state index contributed by atoms with van der Waals surface area (Å²) in [6, 6.07) is 2.70. The summed E-state index contributed by atoms with van der Waals surface area (Å²) < 4.78 is 11.6. The van der Waals surface area contributed by atoms with Crippen molar-refractivity contribution >= 4 is 11.8 Å². The molecule has 4 atom stereocenters. The molecule has 9 nitrogen and oxygen atoms in total. The third-order valence-corrected chi connectivity index (χ3v) is 6.63. The van der Waals surface area contributed by atoms with Crippen LogP contribution in [0, 0.1) is 5.92 Å². The molecule has 0 saturated heterocycles. The molecule has 0 unspecified atom stereocenters. The minimum absolute atomic E-state index is 0.0776. The number of benzene rings is 1. The van der Waals surface area contributed by atoms with Gasteiger partial charge in [-0.25, -0.2) is 0 Å². The van der Waals surface area contributed by atoms with E-state index < -0.39 is 30.1 Å². The zero-order chi connectivity index (χ0) is 23.7. The second kappa shape index (κ2) is 9.70. The number of carbonyl (C=O) groups excluding carboxylic acids is 2. The minimum atomic E-state index is -1.06. The highest BCUT2D eigenvalue weighted by Crippen LogP contribution is 2.51. The molecule has 180 valence electrons. The van der Waals surface area contributed by atoms with Crippen molar-refractivity contribution in [3.8, 4) is 11.5 Å². The number of hydrogen-bond acceptors (Lipinski definition) is 7. The van der Waals surface area contributed by atoms with Gasteiger partial charge in [0.05, 0.1) is 32.3 Å². The van der Waals surface area contributed by atoms with E-state index in [0.29, 0.717) is 47.1 Å². The maximum Gasteiger partial charge on any atom is 0.247 e. The highest BCUT2D eigenvalue weighted by atomic mass is 16.5. The van der Waals surface area contributed by atoms with Gasteiger partial charge in [-0.05, 0) is 42.5 Å². The molecule has 2 aliphatic carbocycles. The van der Waals surface area contributed by atoms with Crippen LogP contribution in [0.2, 0.25) is 0 Å². The summed E-state index contributed by atoms with van der Waals surface area (Å²) >= 11 is 0. The number of rotatable bonds is 9. The molecule has 3 aliphatic rings. The van der Waals surface area contributed by atoms with Gasteiger partial charge in [-0.1, -0.05) is 6.92 Å². The number of fused-ring (bicyclic) bond motifs is 3. The van der Waals surface area contributed by atoms with Crippen molar-refractivity contribution in [2.75, 3.05) is 26.8 Å². The van der Waals surface area contributed by atoms with E-state index in [1.807, 2.05) is 0 Å². The number of nitrogens with zero attached hydrogens (tertiary/aromatic N) is 1. The lowest BCUT2D eigenvalue weighted by Crippen LogP contribution is -2.56. The van der Waals surface area contributed by atoms with Crippen molar-refractivity contribution in [2.24, 2.45) is 5.92 Å². The first-order valence-corrected chi connectivity index (χ1v) is 11.5. The molecular formula is C24H32N2O7. The van der Waals surface area contributed by atoms with E-state index in [0.717, 1.165) is 12.8 Å². The zero-order valence-electron chi connectivity index (χ0n) is 19.0. The van der Waals surface area contributed by atoms with Gasteiger partial charge < -0.3 is 35.0 Å². The highest BCUT2D eigenvalue weighted by Gasteiger charge is 2.51. The second-order valence-electron chi connectivity index (χ2n) is 8.86. The summed E-state index contributed by atoms with van der Waals surface area (Å²) in [4.78, 5) is 27.6. The molecule has 1 aliphatic heterocycles. The van der Waals surface area contributed by atoms with Gasteiger partial charge in [-0.15, -0.1) is 0 Å². The van der Waals surface area contributed by atoms with Gasteiger partial charge in [-0.2, -0.15) is 0 Å². The number of hydrogen-bond donors (Lipinski definition) is 4. The van der Waals surface area contributed by atoms with E-state index in [1.54, 1.807) is 30.0 Å². The summed E-state index contributed by atoms with van der Waals surface area (Å²) in [6.45, 7) is 1.95. The summed E-state index contributed by atoms with van der Waals surface area (Å²) in [5.41, 5.74) is 1.60. The van der Waals surface area contributed by atoms with Gasteiger partial charge in [0.2, 0.25) is 11.8 Å². The summed E-state index contributed by atoms with van der Waals surface area (Å²) in [5, 5.41) is 33.0. The zero-order valence-corrected chi connectivity index (χ0v) is 19.0. The SMILES string of the molecule is CCC(=O)N(CC1CC1)[C@@H]1C=C(C(=O)NCCO)[C@@H]2c3cc(CO)cc(OC)c3O[C@@H]2[C@H]1O. The summed E-state index contributed by atoms with van der Waals surface area (Å²) in [7, 11) is 1.49. The first-order valence-electron chi connectivity index (χ1n) is 11.5. The van der Waals surface area contributed by atoms with Gasteiger partial charge in [0.15, 0.2) is 11.5 Å². The monoisotopic (exact) mass is 460 g/mol. The lowest BCUT2D eigenvalue weighted by Gasteiger charge is -2.40. The standard InChI is InChI=1S/C24H32N2O7/c1-3-19(29)26(11-13-4-5-13)17-10-16(24(31)25-6-7-27)20-15-8-14(12-28)9-18(32-2)22(15)33-23(20)21(17)30/h8-10,13,17,20-21,23,27-28,30H,3-7,11-12H2,1-2H3,(H,25,31)/t17-,20+,21+,23+/m1/s1. The average molecular weight is 461 g/mol. The molecule has 0 spiro atoms. The number of amides is 2. The number of aliphatic hydroxyl groups excluding tert-OH is 3. The second-order valence-corrected chi connectivity index (χ2v) is 8.86. The Labute approximate surface area is 193 Å². The largest absolute Gasteiger partial charge is 0.493 e. The highest BCUT2D eigenvalue weighted by molar-refractivity contribution is 5.96. The molecule has 4 rings (SSSR count). The molecule has 0 aromatic heterocycles. The van der Waals surface area contributed by atoms with Gasteiger partial charge in [0.1, 0.15) is 12.2 Å². The van der Waals surface area contributed by atoms with Crippen molar-refractivity contribution in [1.29, 1.82) is 0 Å². The predicted octanol–water partition coefficient (Wildman–Crippen LogP) is 0.459. The van der Waals surface area contributed by atoms with Crippen molar-refractivity contribution < 1.29 is 34.4 Å². The molecule has 1 fully saturated rings. The predicted molar refractivity (Wildman–Crippen MR) is 119 cm³/mol. The quantitative estimate of drug-likeness (QED) is 0.421. The molecule has 1 heterocycles. The van der Waals surface area contributed by atoms with Crippen LogP contribution in [0.1, 0.15) is 43.2 Å². The Morgan fingerprint density at radius 3 is 2.64 bits per heavy atom. The smallest absolute Gasteiger partial charge is 0.247 e. The first-order chi connectivity index (χ1) is 15.9. The Balaban J connectivity index is 1.79. The van der Waals surface area contributed by atoms with Crippen LogP contribution in [-0.2, 0) is 16.2 Å². The molecule has 9 heteroatoms. The fourth-order valence-electron chi connectivity index (χ4n) is 4.79. The maximum absolute atomic E-state index is 13.2. The number of ether oxygens (including phenoxy) is 2. The molecule has 1 saturated carbocycles. The van der Waals surface area contributed by atoms with Crippen LogP contribution < -0.4 is 14.8 Å². The lowest BCUT2D eigenvalue weighted by molar-refractivity contribution is -0.137. The fourth-order valence-corrected chi connectivity index (χ4v) is 4.79. The van der Waals surface area contributed by atoms with E-state index in [-0.39, 0.29) is 25.7 Å². The van der Waals surface area contributed by atoms with E-state index >= 15 is 0 Å². The fraction of sp³-hybridized carbons (Fsp3) is 0.583. The number of methoxy groups -OCH3 is 1. The Kier molecular flexibility index (Phi) is 6.92. The Hall–Kier alpha value is -2.62. The molecule has 1 aromatic rings. The van der Waals surface area contributed by atoms with Crippen molar-refractivity contribution in [3.05, 3.63) is 34.9 Å². The van der Waals surface area contributed by atoms with Crippen LogP contribution in [0.5, 0.6) is 11.5 Å². The topological polar surface area (TPSA) is 129 Å². The molecule has 1 aromatic carbocycles. The van der Waals surface area contributed by atoms with Gasteiger partial charge in [0, 0.05) is 30.6 Å². The van der Waals surface area contributed by atoms with E-state index in [4.69, 9.17) is 9.47 Å². The average Bonchev–Trinajstić information content (AvgIpc) is 3.57. The molecular weight excluding hydrogens is 428 g/mol. The van der Waals surface area contributed by atoms with Crippen LogP contribution >= 0.6 is 0 Å². The molecule has 33 heavy (non-hydrogen) atoms. The number of nitrogens with one attached hydrogen (secondary N) is 1. The number of aliphatic hydroxyl groups is 3. The number of carbonyl (C=O) groups is 2. The van der Waals surface area contributed by atoms with Crippen molar-refractivity contribution in [1.82, 2.24) is 10.2 Å². The van der Waals surface area contributed by atoms with Crippen LogP contribution in [0.3, 0.4) is 0 Å². The molecule has 0 radical (unpaired) electrons. The Morgan fingerprint density at radius 1 is 1.27 bits per heavy atom. The van der Waals surface area contributed by atoms with E-state index in [1.165, 1.54) is 7.11 Å². The van der Waals surface area contributed by atoms with E-state index in [9.17, 15) is 24.9 Å². The Bertz CT molecular complexity index is 943. The van der Waals surface area contributed by atoms with Gasteiger partial charge in [0.25, 0.3) is 0 Å². The molecule has 0 bridgehead atoms. The third-order valence-electron chi connectivity index (χ3n) is 6.63. The molecule has 2 amide bonds.